The summed E-state index contributed by atoms with van der Waals surface area (Å²) in [5, 5.41) is 0.717. The van der Waals surface area contributed by atoms with Crippen LogP contribution in [0, 0.1) is 5.92 Å². The first-order chi connectivity index (χ1) is 14.0. The average molecular weight is 411 g/mol. The van der Waals surface area contributed by atoms with Gasteiger partial charge in [0.25, 0.3) is 5.56 Å². The fourth-order valence-corrected chi connectivity index (χ4v) is 5.48. The Kier molecular flexibility index (Phi) is 5.54. The lowest BCUT2D eigenvalue weighted by atomic mass is 9.89. The highest BCUT2D eigenvalue weighted by molar-refractivity contribution is 7.18. The van der Waals surface area contributed by atoms with Crippen LogP contribution < -0.4 is 5.56 Å². The van der Waals surface area contributed by atoms with Crippen molar-refractivity contribution in [2.45, 2.75) is 58.5 Å². The Labute approximate surface area is 174 Å². The molecule has 0 unspecified atom stereocenters. The van der Waals surface area contributed by atoms with Crippen molar-refractivity contribution in [2.75, 3.05) is 0 Å². The second-order valence-electron chi connectivity index (χ2n) is 7.93. The molecule has 1 N–H and O–H groups in total. The lowest BCUT2D eigenvalue weighted by Gasteiger charge is -2.18. The topological polar surface area (TPSA) is 72.0 Å². The molecule has 2 heterocycles. The monoisotopic (exact) mass is 410 g/mol. The highest BCUT2D eigenvalue weighted by atomic mass is 32.1. The van der Waals surface area contributed by atoms with Crippen LogP contribution in [0.5, 0.6) is 0 Å². The van der Waals surface area contributed by atoms with Crippen molar-refractivity contribution in [3.05, 3.63) is 62.5 Å². The minimum Gasteiger partial charge on any atom is -0.454 e. The Morgan fingerprint density at radius 3 is 2.83 bits per heavy atom. The molecule has 0 saturated heterocycles. The average Bonchev–Trinajstić information content (AvgIpc) is 3.07. The Balaban J connectivity index is 1.59. The molecule has 29 heavy (non-hydrogen) atoms. The van der Waals surface area contributed by atoms with Crippen molar-refractivity contribution in [2.24, 2.45) is 5.92 Å². The molecule has 0 radical (unpaired) electrons. The van der Waals surface area contributed by atoms with Gasteiger partial charge in [-0.2, -0.15) is 0 Å². The number of aromatic nitrogens is 2. The SMILES string of the molecule is CC[C@H](C(=O)O[C@H](C)c1nc2sc3c(c2c(=O)[nH]1)CC[C@@H](C)C3)c1ccccc1. The van der Waals surface area contributed by atoms with Gasteiger partial charge in [-0.15, -0.1) is 11.3 Å². The predicted molar refractivity (Wildman–Crippen MR) is 115 cm³/mol. The number of fused-ring (bicyclic) bond motifs is 3. The molecule has 1 aromatic carbocycles. The number of esters is 1. The third-order valence-corrected chi connectivity index (χ3v) is 6.90. The molecule has 5 nitrogen and oxygen atoms in total. The van der Waals surface area contributed by atoms with Crippen molar-refractivity contribution < 1.29 is 9.53 Å². The van der Waals surface area contributed by atoms with Crippen molar-refractivity contribution in [1.82, 2.24) is 9.97 Å². The molecule has 1 aliphatic rings. The van der Waals surface area contributed by atoms with Crippen LogP contribution >= 0.6 is 11.3 Å². The van der Waals surface area contributed by atoms with E-state index in [2.05, 4.69) is 16.9 Å². The molecule has 0 aliphatic heterocycles. The number of rotatable bonds is 5. The lowest BCUT2D eigenvalue weighted by molar-refractivity contribution is -0.151. The van der Waals surface area contributed by atoms with E-state index in [9.17, 15) is 9.59 Å². The van der Waals surface area contributed by atoms with Crippen molar-refractivity contribution >= 4 is 27.5 Å². The fraction of sp³-hybridized carbons (Fsp3) is 0.435. The third-order valence-electron chi connectivity index (χ3n) is 5.76. The zero-order valence-corrected chi connectivity index (χ0v) is 17.8. The van der Waals surface area contributed by atoms with E-state index in [-0.39, 0.29) is 17.4 Å². The zero-order chi connectivity index (χ0) is 20.5. The van der Waals surface area contributed by atoms with E-state index in [4.69, 9.17) is 4.74 Å². The first kappa shape index (κ1) is 19.8. The normalized spacial score (nSPS) is 18.2. The number of carbonyl (C=O) groups is 1. The van der Waals surface area contributed by atoms with Crippen LogP contribution in [0.15, 0.2) is 35.1 Å². The van der Waals surface area contributed by atoms with Gasteiger partial charge < -0.3 is 9.72 Å². The van der Waals surface area contributed by atoms with Crippen molar-refractivity contribution in [3.63, 3.8) is 0 Å². The van der Waals surface area contributed by atoms with Crippen LogP contribution in [0.25, 0.3) is 10.2 Å². The lowest BCUT2D eigenvalue weighted by Crippen LogP contribution is -2.21. The third kappa shape index (κ3) is 3.86. The van der Waals surface area contributed by atoms with Gasteiger partial charge in [0.05, 0.1) is 11.3 Å². The zero-order valence-electron chi connectivity index (χ0n) is 17.0. The second-order valence-corrected chi connectivity index (χ2v) is 9.02. The minimum absolute atomic E-state index is 0.130. The largest absolute Gasteiger partial charge is 0.454 e. The van der Waals surface area contributed by atoms with Crippen molar-refractivity contribution in [1.29, 1.82) is 0 Å². The van der Waals surface area contributed by atoms with E-state index in [1.54, 1.807) is 18.3 Å². The molecule has 3 atom stereocenters. The summed E-state index contributed by atoms with van der Waals surface area (Å²) in [6.07, 6.45) is 3.07. The summed E-state index contributed by atoms with van der Waals surface area (Å²) < 4.78 is 5.70. The van der Waals surface area contributed by atoms with E-state index in [1.165, 1.54) is 4.88 Å². The number of H-pyrrole nitrogens is 1. The number of carbonyl (C=O) groups excluding carboxylic acids is 1. The maximum atomic E-state index is 12.8. The number of nitrogens with one attached hydrogen (secondary N) is 1. The van der Waals surface area contributed by atoms with Crippen LogP contribution in [0.3, 0.4) is 0 Å². The standard InChI is InChI=1S/C23H26N2O3S/c1-4-16(15-8-6-5-7-9-15)23(27)28-14(3)20-24-21(26)19-17-11-10-13(2)12-18(17)29-22(19)25-20/h5-9,13-14,16H,4,10-12H2,1-3H3,(H,24,25,26)/t13-,14-,16+/m1/s1. The molecule has 0 spiro atoms. The highest BCUT2D eigenvalue weighted by Gasteiger charge is 2.26. The van der Waals surface area contributed by atoms with Gasteiger partial charge in [-0.05, 0) is 49.7 Å². The van der Waals surface area contributed by atoms with Crippen LogP contribution in [-0.4, -0.2) is 15.9 Å². The quantitative estimate of drug-likeness (QED) is 0.607. The van der Waals surface area contributed by atoms with Gasteiger partial charge in [0.1, 0.15) is 4.83 Å². The van der Waals surface area contributed by atoms with Gasteiger partial charge >= 0.3 is 5.97 Å². The smallest absolute Gasteiger partial charge is 0.314 e. The van der Waals surface area contributed by atoms with Crippen LogP contribution in [-0.2, 0) is 22.4 Å². The Hall–Kier alpha value is -2.47. The van der Waals surface area contributed by atoms with Gasteiger partial charge in [0.15, 0.2) is 11.9 Å². The summed E-state index contributed by atoms with van der Waals surface area (Å²) in [5.74, 6) is 0.418. The van der Waals surface area contributed by atoms with E-state index in [0.29, 0.717) is 18.2 Å². The first-order valence-corrected chi connectivity index (χ1v) is 11.1. The summed E-state index contributed by atoms with van der Waals surface area (Å²) in [7, 11) is 0. The number of aryl methyl sites for hydroxylation is 1. The van der Waals surface area contributed by atoms with E-state index in [0.717, 1.165) is 40.6 Å². The molecule has 0 fully saturated rings. The molecule has 1 aliphatic carbocycles. The fourth-order valence-electron chi connectivity index (χ4n) is 4.09. The van der Waals surface area contributed by atoms with Crippen molar-refractivity contribution in [3.8, 4) is 0 Å². The van der Waals surface area contributed by atoms with Gasteiger partial charge in [-0.1, -0.05) is 44.2 Å². The highest BCUT2D eigenvalue weighted by Crippen LogP contribution is 2.36. The number of aromatic amines is 1. The van der Waals surface area contributed by atoms with E-state index >= 15 is 0 Å². The molecule has 2 aromatic heterocycles. The first-order valence-electron chi connectivity index (χ1n) is 10.3. The molecule has 0 bridgehead atoms. The summed E-state index contributed by atoms with van der Waals surface area (Å²) in [5.41, 5.74) is 1.96. The maximum Gasteiger partial charge on any atom is 0.314 e. The van der Waals surface area contributed by atoms with Gasteiger partial charge in [0, 0.05) is 4.88 Å². The minimum atomic E-state index is -0.615. The Morgan fingerprint density at radius 2 is 2.10 bits per heavy atom. The molecule has 0 saturated carbocycles. The Morgan fingerprint density at radius 1 is 1.34 bits per heavy atom. The van der Waals surface area contributed by atoms with Crippen LogP contribution in [0.2, 0.25) is 0 Å². The summed E-state index contributed by atoms with van der Waals surface area (Å²) in [6.45, 7) is 5.97. The summed E-state index contributed by atoms with van der Waals surface area (Å²) in [4.78, 5) is 35.1. The van der Waals surface area contributed by atoms with E-state index < -0.39 is 6.10 Å². The van der Waals surface area contributed by atoms with Gasteiger partial charge in [-0.25, -0.2) is 4.98 Å². The predicted octanol–water partition coefficient (Wildman–Crippen LogP) is 4.91. The van der Waals surface area contributed by atoms with Crippen LogP contribution in [0.1, 0.15) is 67.5 Å². The summed E-state index contributed by atoms with van der Waals surface area (Å²) >= 11 is 1.60. The number of nitrogens with zero attached hydrogens (tertiary/aromatic N) is 1. The molecule has 3 aromatic rings. The van der Waals surface area contributed by atoms with E-state index in [1.807, 2.05) is 37.3 Å². The molecule has 0 amide bonds. The van der Waals surface area contributed by atoms with Gasteiger partial charge in [-0.3, -0.25) is 9.59 Å². The molecule has 6 heteroatoms. The molecular weight excluding hydrogens is 384 g/mol. The van der Waals surface area contributed by atoms with Gasteiger partial charge in [0.2, 0.25) is 0 Å². The Bertz CT molecular complexity index is 1090. The maximum absolute atomic E-state index is 12.8. The number of benzene rings is 1. The molecular formula is C23H26N2O3S. The second kappa shape index (κ2) is 8.11. The number of ether oxygens (including phenoxy) is 1. The number of hydrogen-bond donors (Lipinski definition) is 1. The number of hydrogen-bond acceptors (Lipinski definition) is 5. The molecule has 152 valence electrons. The molecule has 4 rings (SSSR count). The summed E-state index contributed by atoms with van der Waals surface area (Å²) in [6, 6.07) is 9.63. The number of thiophene rings is 1. The van der Waals surface area contributed by atoms with Crippen LogP contribution in [0.4, 0.5) is 0 Å².